The zero-order valence-corrected chi connectivity index (χ0v) is 20.3. The molecule has 0 spiro atoms. The lowest BCUT2D eigenvalue weighted by Crippen LogP contribution is -2.23. The first-order valence-electron chi connectivity index (χ1n) is 11.1. The lowest BCUT2D eigenvalue weighted by atomic mass is 9.84. The van der Waals surface area contributed by atoms with E-state index >= 15 is 0 Å². The van der Waals surface area contributed by atoms with Crippen LogP contribution in [-0.4, -0.2) is 51.4 Å². The number of fused-ring (bicyclic) bond motifs is 2. The third-order valence-electron chi connectivity index (χ3n) is 5.65. The minimum atomic E-state index is -0.744. The second-order valence-corrected chi connectivity index (χ2v) is 7.91. The predicted octanol–water partition coefficient (Wildman–Crippen LogP) is 3.68. The van der Waals surface area contributed by atoms with E-state index in [0.29, 0.717) is 39.6 Å². The van der Waals surface area contributed by atoms with Crippen molar-refractivity contribution in [2.45, 2.75) is 0 Å². The molecule has 1 N–H and O–H groups in total. The van der Waals surface area contributed by atoms with Gasteiger partial charge in [0.2, 0.25) is 5.75 Å². The summed E-state index contributed by atoms with van der Waals surface area (Å²) in [5.41, 5.74) is 2.02. The zero-order valence-electron chi connectivity index (χ0n) is 20.3. The smallest absolute Gasteiger partial charge is 0.331 e. The number of amides is 1. The van der Waals surface area contributed by atoms with Gasteiger partial charge in [0, 0.05) is 34.0 Å². The van der Waals surface area contributed by atoms with Crippen molar-refractivity contribution in [3.63, 3.8) is 0 Å². The number of nitrogens with one attached hydrogen (secondary N) is 1. The number of benzene rings is 3. The fourth-order valence-electron chi connectivity index (χ4n) is 3.92. The first-order chi connectivity index (χ1) is 17.9. The predicted molar refractivity (Wildman–Crippen MR) is 134 cm³/mol. The molecule has 0 saturated carbocycles. The second kappa shape index (κ2) is 10.8. The molecule has 1 aliphatic carbocycles. The molecule has 0 fully saturated rings. The van der Waals surface area contributed by atoms with E-state index in [4.69, 9.17) is 18.9 Å². The van der Waals surface area contributed by atoms with Gasteiger partial charge in [0.1, 0.15) is 0 Å². The number of carbonyl (C=O) groups excluding carboxylic acids is 4. The highest BCUT2D eigenvalue weighted by Gasteiger charge is 2.29. The lowest BCUT2D eigenvalue weighted by Gasteiger charge is -2.18. The summed E-state index contributed by atoms with van der Waals surface area (Å²) in [6.07, 6.45) is 2.64. The second-order valence-electron chi connectivity index (χ2n) is 7.91. The maximum Gasteiger partial charge on any atom is 0.331 e. The molecule has 3 aromatic rings. The van der Waals surface area contributed by atoms with Crippen LogP contribution >= 0.6 is 0 Å². The van der Waals surface area contributed by atoms with Crippen molar-refractivity contribution in [2.24, 2.45) is 0 Å². The molecule has 1 aliphatic rings. The number of hydrogen-bond donors (Lipinski definition) is 1. The van der Waals surface area contributed by atoms with Crippen LogP contribution in [0.15, 0.2) is 60.7 Å². The van der Waals surface area contributed by atoms with E-state index in [2.05, 4.69) is 5.32 Å². The van der Waals surface area contributed by atoms with Gasteiger partial charge in [-0.2, -0.15) is 0 Å². The van der Waals surface area contributed by atoms with Gasteiger partial charge in [0.25, 0.3) is 5.91 Å². The molecule has 0 radical (unpaired) electrons. The van der Waals surface area contributed by atoms with Crippen molar-refractivity contribution < 1.29 is 38.1 Å². The average Bonchev–Trinajstić information content (AvgIpc) is 2.92. The van der Waals surface area contributed by atoms with Crippen LogP contribution in [0, 0.1) is 0 Å². The third-order valence-corrected chi connectivity index (χ3v) is 5.65. The summed E-state index contributed by atoms with van der Waals surface area (Å²) in [4.78, 5) is 50.0. The molecule has 0 unspecified atom stereocenters. The number of rotatable bonds is 8. The first-order valence-corrected chi connectivity index (χ1v) is 11.1. The van der Waals surface area contributed by atoms with E-state index in [9.17, 15) is 19.2 Å². The maximum absolute atomic E-state index is 12.8. The molecule has 4 rings (SSSR count). The van der Waals surface area contributed by atoms with Gasteiger partial charge < -0.3 is 24.3 Å². The number of methoxy groups -OCH3 is 3. The van der Waals surface area contributed by atoms with Crippen molar-refractivity contribution in [1.29, 1.82) is 0 Å². The van der Waals surface area contributed by atoms with Crippen LogP contribution in [0.4, 0.5) is 5.69 Å². The van der Waals surface area contributed by atoms with Gasteiger partial charge >= 0.3 is 5.97 Å². The molecular weight excluding hydrogens is 478 g/mol. The van der Waals surface area contributed by atoms with Crippen LogP contribution in [0.5, 0.6) is 17.2 Å². The van der Waals surface area contributed by atoms with Crippen molar-refractivity contribution in [3.05, 3.63) is 88.5 Å². The zero-order chi connectivity index (χ0) is 26.5. The molecule has 0 saturated heterocycles. The van der Waals surface area contributed by atoms with Crippen LogP contribution in [0.3, 0.4) is 0 Å². The van der Waals surface area contributed by atoms with Crippen molar-refractivity contribution >= 4 is 35.2 Å². The molecule has 0 aliphatic heterocycles. The van der Waals surface area contributed by atoms with Crippen LogP contribution in [0.1, 0.15) is 37.4 Å². The summed E-state index contributed by atoms with van der Waals surface area (Å²) in [5, 5.41) is 2.57. The number of ether oxygens (including phenoxy) is 4. The van der Waals surface area contributed by atoms with Gasteiger partial charge in [-0.05, 0) is 42.0 Å². The summed E-state index contributed by atoms with van der Waals surface area (Å²) in [6.45, 7) is -0.550. The van der Waals surface area contributed by atoms with Crippen LogP contribution in [0.2, 0.25) is 0 Å². The third kappa shape index (κ3) is 5.20. The van der Waals surface area contributed by atoms with Gasteiger partial charge in [0.15, 0.2) is 29.7 Å². The maximum atomic E-state index is 12.8. The number of anilines is 1. The summed E-state index contributed by atoms with van der Waals surface area (Å²) in [6, 6.07) is 14.3. The topological polar surface area (TPSA) is 117 Å². The monoisotopic (exact) mass is 501 g/mol. The molecule has 0 bridgehead atoms. The molecule has 0 aromatic heterocycles. The molecular formula is C28H23NO8. The summed E-state index contributed by atoms with van der Waals surface area (Å²) in [7, 11) is 4.44. The normalized spacial score (nSPS) is 12.0. The molecule has 9 nitrogen and oxygen atoms in total. The van der Waals surface area contributed by atoms with E-state index in [0.717, 1.165) is 6.08 Å². The summed E-state index contributed by atoms with van der Waals surface area (Å²) in [5.74, 6) is -0.651. The van der Waals surface area contributed by atoms with Gasteiger partial charge in [0.05, 0.1) is 21.3 Å². The minimum Gasteiger partial charge on any atom is -0.493 e. The molecule has 3 aromatic carbocycles. The van der Waals surface area contributed by atoms with Crippen LogP contribution in [0.25, 0.3) is 6.08 Å². The number of ketones is 2. The Labute approximate surface area is 212 Å². The average molecular weight is 501 g/mol. The fourth-order valence-corrected chi connectivity index (χ4v) is 3.92. The Morgan fingerprint density at radius 1 is 0.784 bits per heavy atom. The van der Waals surface area contributed by atoms with Crippen LogP contribution < -0.4 is 19.5 Å². The molecule has 0 heterocycles. The SMILES string of the molecule is COc1cc(C=CC(=O)OCC(=O)Nc2ccc3c(c2)C(=O)c2ccccc2C3=O)cc(OC)c1OC. The lowest BCUT2D eigenvalue weighted by molar-refractivity contribution is -0.142. The summed E-state index contributed by atoms with van der Waals surface area (Å²) >= 11 is 0. The van der Waals surface area contributed by atoms with Gasteiger partial charge in [-0.3, -0.25) is 14.4 Å². The molecule has 1 amide bonds. The Morgan fingerprint density at radius 3 is 1.97 bits per heavy atom. The molecule has 0 atom stereocenters. The Balaban J connectivity index is 1.38. The Kier molecular flexibility index (Phi) is 7.34. The first kappa shape index (κ1) is 25.2. The van der Waals surface area contributed by atoms with E-state index in [1.807, 2.05) is 0 Å². The molecule has 188 valence electrons. The number of esters is 1. The van der Waals surface area contributed by atoms with E-state index < -0.39 is 18.5 Å². The Bertz CT molecular complexity index is 1410. The van der Waals surface area contributed by atoms with E-state index in [-0.39, 0.29) is 22.7 Å². The van der Waals surface area contributed by atoms with Gasteiger partial charge in [-0.15, -0.1) is 0 Å². The highest BCUT2D eigenvalue weighted by molar-refractivity contribution is 6.28. The molecule has 37 heavy (non-hydrogen) atoms. The van der Waals surface area contributed by atoms with Gasteiger partial charge in [-0.25, -0.2) is 4.79 Å². The quantitative estimate of drug-likeness (QED) is 0.287. The highest BCUT2D eigenvalue weighted by Crippen LogP contribution is 2.38. The molecule has 9 heteroatoms. The van der Waals surface area contributed by atoms with E-state index in [1.54, 1.807) is 36.4 Å². The number of hydrogen-bond acceptors (Lipinski definition) is 8. The largest absolute Gasteiger partial charge is 0.493 e. The van der Waals surface area contributed by atoms with Crippen LogP contribution in [-0.2, 0) is 14.3 Å². The van der Waals surface area contributed by atoms with E-state index in [1.165, 1.54) is 45.6 Å². The fraction of sp³-hybridized carbons (Fsp3) is 0.143. The van der Waals surface area contributed by atoms with Crippen molar-refractivity contribution in [3.8, 4) is 17.2 Å². The standard InChI is InChI=1S/C28H23NO8/c1-34-22-12-16(13-23(35-2)28(22)36-3)8-11-25(31)37-15-24(30)29-17-9-10-20-21(14-17)27(33)19-7-5-4-6-18(19)26(20)32/h4-14H,15H2,1-3H3,(H,29,30). The van der Waals surface area contributed by atoms with Crippen molar-refractivity contribution in [2.75, 3.05) is 33.3 Å². The minimum absolute atomic E-state index is 0.201. The van der Waals surface area contributed by atoms with Crippen molar-refractivity contribution in [1.82, 2.24) is 0 Å². The number of carbonyl (C=O) groups is 4. The Morgan fingerprint density at radius 2 is 1.38 bits per heavy atom. The highest BCUT2D eigenvalue weighted by atomic mass is 16.5. The summed E-state index contributed by atoms with van der Waals surface area (Å²) < 4.78 is 20.8. The van der Waals surface area contributed by atoms with Gasteiger partial charge in [-0.1, -0.05) is 24.3 Å². The Hall–Kier alpha value is -4.92.